The number of nitrogens with zero attached hydrogens (tertiary/aromatic N) is 2. The summed E-state index contributed by atoms with van der Waals surface area (Å²) in [5.74, 6) is 0.763. The van der Waals surface area contributed by atoms with E-state index < -0.39 is 0 Å². The number of aromatic amines is 1. The number of nitrogen functional groups attached to an aromatic ring is 1. The fourth-order valence-electron chi connectivity index (χ4n) is 2.12. The molecule has 3 rings (SSSR count). The fourth-order valence-corrected chi connectivity index (χ4v) is 2.12. The average molecular weight is 238 g/mol. The number of nitrogens with one attached hydrogen (secondary N) is 1. The number of anilines is 1. The quantitative estimate of drug-likeness (QED) is 0.721. The molecule has 3 N–H and O–H groups in total. The minimum Gasteiger partial charge on any atom is -0.382 e. The Bertz CT molecular complexity index is 687. The van der Waals surface area contributed by atoms with Crippen LogP contribution in [0.3, 0.4) is 0 Å². The van der Waals surface area contributed by atoms with Gasteiger partial charge in [-0.05, 0) is 23.8 Å². The molecular formula is C14H14N4. The van der Waals surface area contributed by atoms with Crippen LogP contribution >= 0.6 is 0 Å². The van der Waals surface area contributed by atoms with Crippen molar-refractivity contribution in [2.45, 2.75) is 12.8 Å². The predicted octanol–water partition coefficient (Wildman–Crippen LogP) is 2.69. The summed E-state index contributed by atoms with van der Waals surface area (Å²) in [4.78, 5) is 4.32. The molecule has 0 fully saturated rings. The number of aromatic nitrogens is 3. The Labute approximate surface area is 105 Å². The van der Waals surface area contributed by atoms with Crippen molar-refractivity contribution < 1.29 is 0 Å². The molecule has 4 nitrogen and oxygen atoms in total. The van der Waals surface area contributed by atoms with Gasteiger partial charge in [-0.3, -0.25) is 10.1 Å². The highest BCUT2D eigenvalue weighted by Crippen LogP contribution is 2.25. The molecule has 90 valence electrons. The van der Waals surface area contributed by atoms with E-state index in [2.05, 4.69) is 40.3 Å². The molecule has 3 aromatic rings. The van der Waals surface area contributed by atoms with E-state index in [9.17, 15) is 0 Å². The van der Waals surface area contributed by atoms with Crippen LogP contribution in [-0.2, 0) is 0 Å². The van der Waals surface area contributed by atoms with E-state index in [1.165, 1.54) is 5.56 Å². The molecule has 0 saturated heterocycles. The number of hydrogen-bond donors (Lipinski definition) is 2. The highest BCUT2D eigenvalue weighted by molar-refractivity contribution is 5.79. The molecule has 0 radical (unpaired) electrons. The van der Waals surface area contributed by atoms with Crippen molar-refractivity contribution in [1.82, 2.24) is 15.2 Å². The van der Waals surface area contributed by atoms with Gasteiger partial charge < -0.3 is 5.73 Å². The summed E-state index contributed by atoms with van der Waals surface area (Å²) >= 11 is 0. The first-order chi connectivity index (χ1) is 8.74. The Morgan fingerprint density at radius 1 is 1.22 bits per heavy atom. The Morgan fingerprint density at radius 3 is 2.89 bits per heavy atom. The third-order valence-electron chi connectivity index (χ3n) is 3.21. The van der Waals surface area contributed by atoms with Crippen LogP contribution in [0.1, 0.15) is 24.1 Å². The smallest absolute Gasteiger partial charge is 0.145 e. The van der Waals surface area contributed by atoms with Gasteiger partial charge in [0.15, 0.2) is 0 Å². The van der Waals surface area contributed by atoms with Gasteiger partial charge in [-0.15, -0.1) is 0 Å². The van der Waals surface area contributed by atoms with Gasteiger partial charge in [0.05, 0.1) is 5.52 Å². The summed E-state index contributed by atoms with van der Waals surface area (Å²) in [6.07, 6.45) is 1.81. The van der Waals surface area contributed by atoms with Gasteiger partial charge in [-0.25, -0.2) is 0 Å². The van der Waals surface area contributed by atoms with Gasteiger partial charge in [-0.1, -0.05) is 19.1 Å². The van der Waals surface area contributed by atoms with E-state index in [0.717, 1.165) is 16.6 Å². The zero-order chi connectivity index (χ0) is 12.5. The van der Waals surface area contributed by atoms with Gasteiger partial charge in [-0.2, -0.15) is 5.10 Å². The second kappa shape index (κ2) is 4.14. The average Bonchev–Trinajstić information content (AvgIpc) is 2.84. The molecule has 0 amide bonds. The summed E-state index contributed by atoms with van der Waals surface area (Å²) in [5.41, 5.74) is 8.89. The molecule has 1 aromatic carbocycles. The first-order valence-corrected chi connectivity index (χ1v) is 5.89. The number of rotatable bonds is 2. The molecule has 2 heterocycles. The molecule has 0 saturated carbocycles. The van der Waals surface area contributed by atoms with E-state index in [-0.39, 0.29) is 5.92 Å². The van der Waals surface area contributed by atoms with Crippen molar-refractivity contribution in [2.75, 3.05) is 5.73 Å². The first-order valence-electron chi connectivity index (χ1n) is 5.89. The lowest BCUT2D eigenvalue weighted by Gasteiger charge is -2.10. The molecule has 0 aliphatic carbocycles. The molecule has 2 aromatic heterocycles. The molecule has 0 aliphatic rings. The number of H-pyrrole nitrogens is 1. The van der Waals surface area contributed by atoms with Crippen LogP contribution < -0.4 is 5.73 Å². The van der Waals surface area contributed by atoms with Crippen molar-refractivity contribution >= 4 is 16.7 Å². The standard InChI is InChI=1S/C14H14N4/c1-9(13-8-14(15)18-17-13)10-4-5-12-11(7-10)3-2-6-16-12/h2-9H,1H3,(H3,15,17,18). The van der Waals surface area contributed by atoms with Crippen LogP contribution in [-0.4, -0.2) is 15.2 Å². The molecule has 0 bridgehead atoms. The maximum Gasteiger partial charge on any atom is 0.145 e. The summed E-state index contributed by atoms with van der Waals surface area (Å²) < 4.78 is 0. The second-order valence-corrected chi connectivity index (χ2v) is 4.43. The van der Waals surface area contributed by atoms with Gasteiger partial charge in [0.2, 0.25) is 0 Å². The van der Waals surface area contributed by atoms with Crippen molar-refractivity contribution in [1.29, 1.82) is 0 Å². The van der Waals surface area contributed by atoms with Crippen LogP contribution in [0.5, 0.6) is 0 Å². The molecular weight excluding hydrogens is 224 g/mol. The van der Waals surface area contributed by atoms with E-state index in [1.54, 1.807) is 6.20 Å². The van der Waals surface area contributed by atoms with Crippen LogP contribution in [0.2, 0.25) is 0 Å². The van der Waals surface area contributed by atoms with Crippen LogP contribution in [0.25, 0.3) is 10.9 Å². The monoisotopic (exact) mass is 238 g/mol. The van der Waals surface area contributed by atoms with E-state index >= 15 is 0 Å². The third kappa shape index (κ3) is 1.82. The second-order valence-electron chi connectivity index (χ2n) is 4.43. The number of nitrogens with two attached hydrogens (primary N) is 1. The molecule has 0 spiro atoms. The SMILES string of the molecule is CC(c1ccc2ncccc2c1)c1cc(N)n[nH]1. The molecule has 1 unspecified atom stereocenters. The number of fused-ring (bicyclic) bond motifs is 1. The summed E-state index contributed by atoms with van der Waals surface area (Å²) in [6.45, 7) is 2.13. The summed E-state index contributed by atoms with van der Waals surface area (Å²) in [7, 11) is 0. The van der Waals surface area contributed by atoms with Crippen molar-refractivity contribution in [3.63, 3.8) is 0 Å². The van der Waals surface area contributed by atoms with Gasteiger partial charge in [0.1, 0.15) is 5.82 Å². The fraction of sp³-hybridized carbons (Fsp3) is 0.143. The van der Waals surface area contributed by atoms with Crippen LogP contribution in [0, 0.1) is 0 Å². The molecule has 4 heteroatoms. The maximum absolute atomic E-state index is 5.63. The maximum atomic E-state index is 5.63. The van der Waals surface area contributed by atoms with E-state index in [0.29, 0.717) is 5.82 Å². The van der Waals surface area contributed by atoms with E-state index in [1.807, 2.05) is 18.2 Å². The number of hydrogen-bond acceptors (Lipinski definition) is 3. The highest BCUT2D eigenvalue weighted by Gasteiger charge is 2.11. The topological polar surface area (TPSA) is 67.6 Å². The largest absolute Gasteiger partial charge is 0.382 e. The van der Waals surface area contributed by atoms with Crippen molar-refractivity contribution in [3.8, 4) is 0 Å². The minimum atomic E-state index is 0.236. The Balaban J connectivity index is 2.03. The Kier molecular flexibility index (Phi) is 2.48. The summed E-state index contributed by atoms with van der Waals surface area (Å²) in [6, 6.07) is 12.2. The predicted molar refractivity (Wildman–Crippen MR) is 72.3 cm³/mol. The Hall–Kier alpha value is -2.36. The summed E-state index contributed by atoms with van der Waals surface area (Å²) in [5, 5.41) is 8.07. The first kappa shape index (κ1) is 10.8. The third-order valence-corrected chi connectivity index (χ3v) is 3.21. The van der Waals surface area contributed by atoms with Crippen molar-refractivity contribution in [3.05, 3.63) is 53.9 Å². The molecule has 18 heavy (non-hydrogen) atoms. The normalized spacial score (nSPS) is 12.7. The Morgan fingerprint density at radius 2 is 2.11 bits per heavy atom. The lowest BCUT2D eigenvalue weighted by atomic mass is 9.96. The van der Waals surface area contributed by atoms with Crippen LogP contribution in [0.15, 0.2) is 42.6 Å². The number of benzene rings is 1. The minimum absolute atomic E-state index is 0.236. The highest BCUT2D eigenvalue weighted by atomic mass is 15.2. The van der Waals surface area contributed by atoms with Gasteiger partial charge in [0, 0.05) is 29.3 Å². The van der Waals surface area contributed by atoms with Crippen molar-refractivity contribution in [2.24, 2.45) is 0 Å². The zero-order valence-electron chi connectivity index (χ0n) is 10.1. The van der Waals surface area contributed by atoms with E-state index in [4.69, 9.17) is 5.73 Å². The lowest BCUT2D eigenvalue weighted by Crippen LogP contribution is -1.96. The van der Waals surface area contributed by atoms with Crippen LogP contribution in [0.4, 0.5) is 5.82 Å². The van der Waals surface area contributed by atoms with Gasteiger partial charge in [0.25, 0.3) is 0 Å². The lowest BCUT2D eigenvalue weighted by molar-refractivity contribution is 0.856. The molecule has 1 atom stereocenters. The number of pyridine rings is 1. The van der Waals surface area contributed by atoms with Gasteiger partial charge >= 0.3 is 0 Å². The zero-order valence-corrected chi connectivity index (χ0v) is 10.1. The molecule has 0 aliphatic heterocycles.